The summed E-state index contributed by atoms with van der Waals surface area (Å²) >= 11 is 8.81. The number of rotatable bonds is 7. The zero-order chi connectivity index (χ0) is 19.2. The van der Waals surface area contributed by atoms with Crippen LogP contribution in [0, 0.1) is 0 Å². The standard InChI is InChI=1S/C18H17ClN2O4S2/c19-11-3-4-14-13(8-11)21-18(24)15(27-14)9-17(23)25-10-16(22)20-6-5-12-2-1-7-26-12/h1-4,7-8,15H,5-6,9-10H2,(H,20,22)(H,21,24). The van der Waals surface area contributed by atoms with E-state index in [1.807, 2.05) is 17.5 Å². The van der Waals surface area contributed by atoms with Gasteiger partial charge in [-0.25, -0.2) is 0 Å². The highest BCUT2D eigenvalue weighted by Gasteiger charge is 2.29. The third-order valence-corrected chi connectivity index (χ3v) is 6.20. The molecule has 1 aromatic carbocycles. The van der Waals surface area contributed by atoms with Crippen LogP contribution in [0.5, 0.6) is 0 Å². The number of amides is 2. The Labute approximate surface area is 169 Å². The molecule has 0 radical (unpaired) electrons. The van der Waals surface area contributed by atoms with Crippen molar-refractivity contribution in [3.63, 3.8) is 0 Å². The molecule has 9 heteroatoms. The summed E-state index contributed by atoms with van der Waals surface area (Å²) in [6, 6.07) is 9.13. The van der Waals surface area contributed by atoms with Crippen LogP contribution in [-0.2, 0) is 25.5 Å². The normalized spacial score (nSPS) is 15.6. The number of carbonyl (C=O) groups excluding carboxylic acids is 3. The number of hydrogen-bond donors (Lipinski definition) is 2. The van der Waals surface area contributed by atoms with Gasteiger partial charge in [0, 0.05) is 21.3 Å². The first-order valence-electron chi connectivity index (χ1n) is 8.23. The highest BCUT2D eigenvalue weighted by molar-refractivity contribution is 8.01. The molecule has 2 N–H and O–H groups in total. The summed E-state index contributed by atoms with van der Waals surface area (Å²) in [5.41, 5.74) is 0.632. The lowest BCUT2D eigenvalue weighted by Gasteiger charge is -2.23. The lowest BCUT2D eigenvalue weighted by molar-refractivity contribution is -0.149. The van der Waals surface area contributed by atoms with Gasteiger partial charge >= 0.3 is 5.97 Å². The molecule has 1 unspecified atom stereocenters. The first-order chi connectivity index (χ1) is 13.0. The molecule has 142 valence electrons. The van der Waals surface area contributed by atoms with Crippen molar-refractivity contribution in [3.05, 3.63) is 45.6 Å². The van der Waals surface area contributed by atoms with Crippen LogP contribution in [0.2, 0.25) is 5.02 Å². The van der Waals surface area contributed by atoms with E-state index in [9.17, 15) is 14.4 Å². The van der Waals surface area contributed by atoms with Gasteiger partial charge < -0.3 is 15.4 Å². The van der Waals surface area contributed by atoms with E-state index in [0.717, 1.165) is 11.3 Å². The number of benzene rings is 1. The second-order valence-corrected chi connectivity index (χ2v) is 8.49. The second kappa shape index (κ2) is 9.25. The molecule has 0 spiro atoms. The van der Waals surface area contributed by atoms with E-state index < -0.39 is 11.2 Å². The largest absolute Gasteiger partial charge is 0.456 e. The average molecular weight is 425 g/mol. The number of hydrogen-bond acceptors (Lipinski definition) is 6. The van der Waals surface area contributed by atoms with E-state index in [2.05, 4.69) is 10.6 Å². The molecule has 0 saturated heterocycles. The van der Waals surface area contributed by atoms with E-state index in [4.69, 9.17) is 16.3 Å². The third kappa shape index (κ3) is 5.72. The molecule has 27 heavy (non-hydrogen) atoms. The van der Waals surface area contributed by atoms with E-state index in [0.29, 0.717) is 17.3 Å². The summed E-state index contributed by atoms with van der Waals surface area (Å²) < 4.78 is 4.99. The fourth-order valence-electron chi connectivity index (χ4n) is 2.44. The fraction of sp³-hybridized carbons (Fsp3) is 0.278. The van der Waals surface area contributed by atoms with Crippen LogP contribution in [0.3, 0.4) is 0 Å². The van der Waals surface area contributed by atoms with Crippen LogP contribution in [0.25, 0.3) is 0 Å². The van der Waals surface area contributed by atoms with Crippen LogP contribution in [0.15, 0.2) is 40.6 Å². The molecule has 1 aliphatic heterocycles. The van der Waals surface area contributed by atoms with E-state index in [-0.39, 0.29) is 24.8 Å². The summed E-state index contributed by atoms with van der Waals surface area (Å²) in [5, 5.41) is 7.33. The molecular formula is C18H17ClN2O4S2. The van der Waals surface area contributed by atoms with Crippen molar-refractivity contribution in [3.8, 4) is 0 Å². The van der Waals surface area contributed by atoms with E-state index >= 15 is 0 Å². The Balaban J connectivity index is 1.40. The maximum Gasteiger partial charge on any atom is 0.307 e. The highest BCUT2D eigenvalue weighted by Crippen LogP contribution is 2.38. The smallest absolute Gasteiger partial charge is 0.307 e. The lowest BCUT2D eigenvalue weighted by atomic mass is 10.2. The zero-order valence-corrected chi connectivity index (χ0v) is 16.6. The average Bonchev–Trinajstić information content (AvgIpc) is 3.14. The minimum Gasteiger partial charge on any atom is -0.456 e. The van der Waals surface area contributed by atoms with Crippen LogP contribution >= 0.6 is 34.7 Å². The number of nitrogens with one attached hydrogen (secondary N) is 2. The Morgan fingerprint density at radius 1 is 1.30 bits per heavy atom. The van der Waals surface area contributed by atoms with Crippen molar-refractivity contribution in [2.45, 2.75) is 23.0 Å². The van der Waals surface area contributed by atoms with Gasteiger partial charge in [-0.1, -0.05) is 17.7 Å². The summed E-state index contributed by atoms with van der Waals surface area (Å²) in [4.78, 5) is 37.9. The summed E-state index contributed by atoms with van der Waals surface area (Å²) in [6.45, 7) is 0.131. The summed E-state index contributed by atoms with van der Waals surface area (Å²) in [6.07, 6.45) is 0.626. The molecule has 2 amide bonds. The minimum absolute atomic E-state index is 0.110. The lowest BCUT2D eigenvalue weighted by Crippen LogP contribution is -2.33. The monoisotopic (exact) mass is 424 g/mol. The topological polar surface area (TPSA) is 84.5 Å². The van der Waals surface area contributed by atoms with Gasteiger partial charge in [0.25, 0.3) is 5.91 Å². The van der Waals surface area contributed by atoms with Crippen molar-refractivity contribution in [2.75, 3.05) is 18.5 Å². The molecule has 0 bridgehead atoms. The molecule has 0 fully saturated rings. The Hall–Kier alpha value is -2.03. The van der Waals surface area contributed by atoms with E-state index in [1.165, 1.54) is 16.6 Å². The Bertz CT molecular complexity index is 842. The summed E-state index contributed by atoms with van der Waals surface area (Å²) in [5.74, 6) is -1.23. The molecule has 0 aliphatic carbocycles. The first-order valence-corrected chi connectivity index (χ1v) is 10.4. The van der Waals surface area contributed by atoms with Gasteiger partial charge in [0.2, 0.25) is 5.91 Å². The quantitative estimate of drug-likeness (QED) is 0.667. The van der Waals surface area contributed by atoms with E-state index in [1.54, 1.807) is 29.5 Å². The molecule has 1 aromatic heterocycles. The van der Waals surface area contributed by atoms with Crippen molar-refractivity contribution < 1.29 is 19.1 Å². The molecule has 6 nitrogen and oxygen atoms in total. The number of thioether (sulfide) groups is 1. The number of anilines is 1. The molecule has 1 aliphatic rings. The number of esters is 1. The predicted molar refractivity (Wildman–Crippen MR) is 106 cm³/mol. The number of carbonyl (C=O) groups is 3. The maximum atomic E-state index is 12.1. The maximum absolute atomic E-state index is 12.1. The van der Waals surface area contributed by atoms with Gasteiger partial charge in [-0.3, -0.25) is 14.4 Å². The number of halogens is 1. The van der Waals surface area contributed by atoms with Crippen LogP contribution in [0.4, 0.5) is 5.69 Å². The van der Waals surface area contributed by atoms with Gasteiger partial charge in [0.15, 0.2) is 6.61 Å². The molecule has 1 atom stereocenters. The van der Waals surface area contributed by atoms with Crippen molar-refractivity contribution in [2.24, 2.45) is 0 Å². The molecule has 0 saturated carbocycles. The second-order valence-electron chi connectivity index (χ2n) is 5.78. The van der Waals surface area contributed by atoms with Crippen molar-refractivity contribution in [1.82, 2.24) is 5.32 Å². The van der Waals surface area contributed by atoms with Crippen molar-refractivity contribution in [1.29, 1.82) is 0 Å². The fourth-order valence-corrected chi connectivity index (χ4v) is 4.40. The van der Waals surface area contributed by atoms with Crippen LogP contribution < -0.4 is 10.6 Å². The number of fused-ring (bicyclic) bond motifs is 1. The molecule has 2 heterocycles. The van der Waals surface area contributed by atoms with Crippen molar-refractivity contribution >= 4 is 58.2 Å². The Morgan fingerprint density at radius 3 is 2.93 bits per heavy atom. The molecular weight excluding hydrogens is 408 g/mol. The third-order valence-electron chi connectivity index (χ3n) is 3.75. The first kappa shape index (κ1) is 19.7. The Morgan fingerprint density at radius 2 is 2.15 bits per heavy atom. The molecule has 2 aromatic rings. The van der Waals surface area contributed by atoms with Crippen LogP contribution in [-0.4, -0.2) is 36.2 Å². The van der Waals surface area contributed by atoms with Crippen LogP contribution in [0.1, 0.15) is 11.3 Å². The SMILES string of the molecule is O=C(COC(=O)CC1Sc2ccc(Cl)cc2NC1=O)NCCc1cccs1. The van der Waals surface area contributed by atoms with Gasteiger partial charge in [-0.15, -0.1) is 23.1 Å². The number of ether oxygens (including phenoxy) is 1. The van der Waals surface area contributed by atoms with Gasteiger partial charge in [-0.2, -0.15) is 0 Å². The summed E-state index contributed by atoms with van der Waals surface area (Å²) in [7, 11) is 0. The van der Waals surface area contributed by atoms with Gasteiger partial charge in [0.1, 0.15) is 0 Å². The minimum atomic E-state index is -0.604. The Kier molecular flexibility index (Phi) is 6.76. The zero-order valence-electron chi connectivity index (χ0n) is 14.2. The van der Waals surface area contributed by atoms with Gasteiger partial charge in [-0.05, 0) is 36.1 Å². The molecule has 3 rings (SSSR count). The predicted octanol–water partition coefficient (Wildman–Crippen LogP) is 3.11. The number of thiophene rings is 1. The highest BCUT2D eigenvalue weighted by atomic mass is 35.5. The van der Waals surface area contributed by atoms with Gasteiger partial charge in [0.05, 0.1) is 17.4 Å².